The summed E-state index contributed by atoms with van der Waals surface area (Å²) in [5.41, 5.74) is 0.926. The highest BCUT2D eigenvalue weighted by Gasteiger charge is 2.09. The molecule has 2 aromatic rings. The first-order valence-electron chi connectivity index (χ1n) is 7.69. The summed E-state index contributed by atoms with van der Waals surface area (Å²) in [5, 5.41) is 14.3. The van der Waals surface area contributed by atoms with Crippen LogP contribution in [-0.4, -0.2) is 30.1 Å². The fourth-order valence-electron chi connectivity index (χ4n) is 1.62. The molecular formula is C18H24N2O5. The quantitative estimate of drug-likeness (QED) is 0.694. The number of carbonyl (C=O) groups excluding carboxylic acids is 1. The first kappa shape index (κ1) is 20.1. The SMILES string of the molecule is CC(C)(C)NC=O.CNc1ccc(OCc2ccc(C(=O)O)o2)cc1. The van der Waals surface area contributed by atoms with Gasteiger partial charge in [0, 0.05) is 18.3 Å². The maximum Gasteiger partial charge on any atom is 0.371 e. The summed E-state index contributed by atoms with van der Waals surface area (Å²) < 4.78 is 10.5. The molecule has 0 aliphatic heterocycles. The molecule has 0 aliphatic rings. The minimum atomic E-state index is -1.08. The van der Waals surface area contributed by atoms with Crippen LogP contribution < -0.4 is 15.4 Å². The Morgan fingerprint density at radius 3 is 2.24 bits per heavy atom. The summed E-state index contributed by atoms with van der Waals surface area (Å²) in [4.78, 5) is 20.3. The highest BCUT2D eigenvalue weighted by molar-refractivity contribution is 5.84. The largest absolute Gasteiger partial charge is 0.486 e. The molecule has 1 aromatic carbocycles. The van der Waals surface area contributed by atoms with Crippen molar-refractivity contribution in [1.82, 2.24) is 5.32 Å². The summed E-state index contributed by atoms with van der Waals surface area (Å²) in [7, 11) is 1.84. The van der Waals surface area contributed by atoms with E-state index in [1.165, 1.54) is 6.07 Å². The third-order valence-corrected chi connectivity index (χ3v) is 2.89. The van der Waals surface area contributed by atoms with Crippen LogP contribution in [0.5, 0.6) is 5.75 Å². The van der Waals surface area contributed by atoms with E-state index in [1.807, 2.05) is 52.1 Å². The van der Waals surface area contributed by atoms with Crippen LogP contribution in [0.25, 0.3) is 0 Å². The van der Waals surface area contributed by atoms with Crippen LogP contribution in [0.2, 0.25) is 0 Å². The minimum absolute atomic E-state index is 0.0677. The van der Waals surface area contributed by atoms with E-state index in [-0.39, 0.29) is 17.9 Å². The van der Waals surface area contributed by atoms with Crippen LogP contribution in [0.1, 0.15) is 37.1 Å². The zero-order valence-electron chi connectivity index (χ0n) is 14.8. The second kappa shape index (κ2) is 9.36. The molecule has 136 valence electrons. The van der Waals surface area contributed by atoms with Gasteiger partial charge >= 0.3 is 5.97 Å². The normalized spacial score (nSPS) is 10.2. The molecule has 7 nitrogen and oxygen atoms in total. The van der Waals surface area contributed by atoms with Gasteiger partial charge in [0.1, 0.15) is 18.1 Å². The second-order valence-electron chi connectivity index (χ2n) is 6.15. The van der Waals surface area contributed by atoms with E-state index < -0.39 is 5.97 Å². The Labute approximate surface area is 147 Å². The summed E-state index contributed by atoms with van der Waals surface area (Å²) in [5.74, 6) is 0.00567. The number of benzene rings is 1. The number of hydrogen-bond donors (Lipinski definition) is 3. The molecule has 3 N–H and O–H groups in total. The first-order valence-corrected chi connectivity index (χ1v) is 7.69. The van der Waals surface area contributed by atoms with Gasteiger partial charge in [-0.2, -0.15) is 0 Å². The topological polar surface area (TPSA) is 101 Å². The van der Waals surface area contributed by atoms with Crippen LogP contribution in [0.3, 0.4) is 0 Å². The Balaban J connectivity index is 0.000000381. The fraction of sp³-hybridized carbons (Fsp3) is 0.333. The summed E-state index contributed by atoms with van der Waals surface area (Å²) >= 11 is 0. The lowest BCUT2D eigenvalue weighted by atomic mass is 10.1. The van der Waals surface area contributed by atoms with E-state index in [4.69, 9.17) is 14.3 Å². The number of nitrogens with one attached hydrogen (secondary N) is 2. The number of carboxylic acids is 1. The van der Waals surface area contributed by atoms with Crippen molar-refractivity contribution < 1.29 is 23.8 Å². The lowest BCUT2D eigenvalue weighted by Crippen LogP contribution is -2.34. The molecule has 0 fully saturated rings. The number of hydrogen-bond acceptors (Lipinski definition) is 5. The van der Waals surface area contributed by atoms with Gasteiger partial charge < -0.3 is 24.9 Å². The number of anilines is 1. The third kappa shape index (κ3) is 7.92. The molecule has 0 unspecified atom stereocenters. The number of amides is 1. The summed E-state index contributed by atoms with van der Waals surface area (Å²) in [6.07, 6.45) is 0.708. The standard InChI is InChI=1S/C13H13NO4.C5H11NO/c1-14-9-2-4-10(5-3-9)17-8-11-6-7-12(18-11)13(15)16;1-5(2,3)6-4-7/h2-7,14H,8H2,1H3,(H,15,16);4H,1-3H3,(H,6,7). The molecule has 0 saturated heterocycles. The van der Waals surface area contributed by atoms with Crippen molar-refractivity contribution in [3.05, 3.63) is 47.9 Å². The van der Waals surface area contributed by atoms with Crippen molar-refractivity contribution in [3.63, 3.8) is 0 Å². The molecule has 0 radical (unpaired) electrons. The Hall–Kier alpha value is -2.96. The molecule has 0 aliphatic carbocycles. The number of rotatable bonds is 6. The van der Waals surface area contributed by atoms with Crippen LogP contribution in [0.15, 0.2) is 40.8 Å². The third-order valence-electron chi connectivity index (χ3n) is 2.89. The molecule has 1 amide bonds. The molecule has 7 heteroatoms. The van der Waals surface area contributed by atoms with Crippen LogP contribution in [0, 0.1) is 0 Å². The van der Waals surface area contributed by atoms with E-state index in [9.17, 15) is 9.59 Å². The second-order valence-corrected chi connectivity index (χ2v) is 6.15. The zero-order chi connectivity index (χ0) is 18.9. The molecule has 2 rings (SSSR count). The van der Waals surface area contributed by atoms with Crippen molar-refractivity contribution in [3.8, 4) is 5.75 Å². The first-order chi connectivity index (χ1) is 11.7. The smallest absolute Gasteiger partial charge is 0.371 e. The predicted molar refractivity (Wildman–Crippen MR) is 94.9 cm³/mol. The van der Waals surface area contributed by atoms with E-state index >= 15 is 0 Å². The van der Waals surface area contributed by atoms with Gasteiger partial charge in [-0.15, -0.1) is 0 Å². The number of carboxylic acid groups (broad SMARTS) is 1. The Bertz CT molecular complexity index is 672. The van der Waals surface area contributed by atoms with Gasteiger partial charge in [-0.25, -0.2) is 4.79 Å². The molecule has 1 heterocycles. The molecule has 0 atom stereocenters. The van der Waals surface area contributed by atoms with Crippen LogP contribution >= 0.6 is 0 Å². The average molecular weight is 348 g/mol. The Morgan fingerprint density at radius 2 is 1.84 bits per heavy atom. The summed E-state index contributed by atoms with van der Waals surface area (Å²) in [6, 6.07) is 10.4. The number of ether oxygens (including phenoxy) is 1. The average Bonchev–Trinajstić information content (AvgIpc) is 3.02. The van der Waals surface area contributed by atoms with E-state index in [0.717, 1.165) is 5.69 Å². The maximum atomic E-state index is 10.6. The predicted octanol–water partition coefficient (Wildman–Crippen LogP) is 3.13. The maximum absolute atomic E-state index is 10.6. The van der Waals surface area contributed by atoms with E-state index in [2.05, 4.69) is 10.6 Å². The van der Waals surface area contributed by atoms with Crippen molar-refractivity contribution in [2.75, 3.05) is 12.4 Å². The number of aromatic carboxylic acids is 1. The highest BCUT2D eigenvalue weighted by Crippen LogP contribution is 2.17. The van der Waals surface area contributed by atoms with Gasteiger partial charge in [0.15, 0.2) is 0 Å². The molecule has 0 saturated carbocycles. The van der Waals surface area contributed by atoms with Crippen molar-refractivity contribution in [2.24, 2.45) is 0 Å². The van der Waals surface area contributed by atoms with Crippen LogP contribution in [-0.2, 0) is 11.4 Å². The zero-order valence-corrected chi connectivity index (χ0v) is 14.8. The lowest BCUT2D eigenvalue weighted by Gasteiger charge is -2.15. The Morgan fingerprint density at radius 1 is 1.20 bits per heavy atom. The number of carbonyl (C=O) groups is 2. The highest BCUT2D eigenvalue weighted by atomic mass is 16.5. The molecule has 0 spiro atoms. The van der Waals surface area contributed by atoms with Gasteiger partial charge in [0.25, 0.3) is 0 Å². The summed E-state index contributed by atoms with van der Waals surface area (Å²) in [6.45, 7) is 6.00. The van der Waals surface area contributed by atoms with Gasteiger partial charge in [-0.1, -0.05) is 0 Å². The van der Waals surface area contributed by atoms with Crippen molar-refractivity contribution in [1.29, 1.82) is 0 Å². The van der Waals surface area contributed by atoms with E-state index in [1.54, 1.807) is 6.07 Å². The van der Waals surface area contributed by atoms with Gasteiger partial charge in [0.05, 0.1) is 0 Å². The van der Waals surface area contributed by atoms with Gasteiger partial charge in [-0.3, -0.25) is 4.79 Å². The molecular weight excluding hydrogens is 324 g/mol. The number of furan rings is 1. The molecule has 0 bridgehead atoms. The molecule has 1 aromatic heterocycles. The van der Waals surface area contributed by atoms with Crippen molar-refractivity contribution in [2.45, 2.75) is 32.9 Å². The van der Waals surface area contributed by atoms with Gasteiger partial charge in [0.2, 0.25) is 12.2 Å². The van der Waals surface area contributed by atoms with E-state index in [0.29, 0.717) is 17.9 Å². The Kier molecular flexibility index (Phi) is 7.52. The van der Waals surface area contributed by atoms with Gasteiger partial charge in [-0.05, 0) is 57.2 Å². The fourth-order valence-corrected chi connectivity index (χ4v) is 1.62. The van der Waals surface area contributed by atoms with Crippen molar-refractivity contribution >= 4 is 18.1 Å². The molecule has 25 heavy (non-hydrogen) atoms. The lowest BCUT2D eigenvalue weighted by molar-refractivity contribution is -0.110. The minimum Gasteiger partial charge on any atom is -0.486 e. The van der Waals surface area contributed by atoms with Crippen LogP contribution in [0.4, 0.5) is 5.69 Å². The monoisotopic (exact) mass is 348 g/mol.